The van der Waals surface area contributed by atoms with Crippen molar-refractivity contribution < 1.29 is 0 Å². The van der Waals surface area contributed by atoms with Crippen molar-refractivity contribution in [3.63, 3.8) is 0 Å². The summed E-state index contributed by atoms with van der Waals surface area (Å²) in [5, 5.41) is 0. The molecule has 1 nitrogen and oxygen atoms in total. The van der Waals surface area contributed by atoms with E-state index in [1.54, 1.807) is 0 Å². The van der Waals surface area contributed by atoms with E-state index in [4.69, 9.17) is 0 Å². The number of rotatable bonds is 8. The Bertz CT molecular complexity index is 430. The van der Waals surface area contributed by atoms with E-state index >= 15 is 0 Å². The molecule has 0 aliphatic carbocycles. The number of unbranched alkanes of at least 4 members (excludes halogenated alkanes) is 3. The molecule has 2 heteroatoms. The summed E-state index contributed by atoms with van der Waals surface area (Å²) in [6.07, 6.45) is 5.26. The second-order valence-corrected chi connectivity index (χ2v) is 5.89. The zero-order valence-corrected chi connectivity index (χ0v) is 13.0. The van der Waals surface area contributed by atoms with Crippen LogP contribution in [-0.4, -0.2) is 5.75 Å². The summed E-state index contributed by atoms with van der Waals surface area (Å²) < 4.78 is 2.34. The lowest BCUT2D eigenvalue weighted by atomic mass is 10.2. The van der Waals surface area contributed by atoms with E-state index in [1.807, 2.05) is 11.9 Å². The van der Waals surface area contributed by atoms with Gasteiger partial charge in [0, 0.05) is 5.75 Å². The zero-order chi connectivity index (χ0) is 14.0. The van der Waals surface area contributed by atoms with E-state index in [0.717, 1.165) is 0 Å². The smallest absolute Gasteiger partial charge is 0.0525 e. The van der Waals surface area contributed by atoms with Crippen molar-refractivity contribution in [2.24, 2.45) is 0 Å². The number of anilines is 2. The maximum absolute atomic E-state index is 2.34. The fourth-order valence-corrected chi connectivity index (χ4v) is 3.17. The fraction of sp³-hybridized carbons (Fsp3) is 0.333. The lowest BCUT2D eigenvalue weighted by molar-refractivity contribution is 0.706. The molecule has 2 rings (SSSR count). The van der Waals surface area contributed by atoms with Gasteiger partial charge in [0.15, 0.2) is 0 Å². The van der Waals surface area contributed by atoms with Crippen molar-refractivity contribution in [2.75, 3.05) is 10.1 Å². The zero-order valence-electron chi connectivity index (χ0n) is 12.2. The summed E-state index contributed by atoms with van der Waals surface area (Å²) in [7, 11) is 0. The van der Waals surface area contributed by atoms with E-state index in [2.05, 4.69) is 71.9 Å². The predicted octanol–water partition coefficient (Wildman–Crippen LogP) is 6.05. The van der Waals surface area contributed by atoms with Gasteiger partial charge in [-0.25, -0.2) is 0 Å². The molecule has 0 aliphatic heterocycles. The van der Waals surface area contributed by atoms with Gasteiger partial charge in [0.1, 0.15) is 0 Å². The van der Waals surface area contributed by atoms with Crippen molar-refractivity contribution in [2.45, 2.75) is 32.6 Å². The first-order valence-corrected chi connectivity index (χ1v) is 8.39. The molecule has 20 heavy (non-hydrogen) atoms. The minimum Gasteiger partial charge on any atom is -0.285 e. The summed E-state index contributed by atoms with van der Waals surface area (Å²) in [6.45, 7) is 2.26. The van der Waals surface area contributed by atoms with Crippen LogP contribution >= 0.6 is 11.9 Å². The van der Waals surface area contributed by atoms with Crippen LogP contribution in [0.2, 0.25) is 0 Å². The topological polar surface area (TPSA) is 3.24 Å². The van der Waals surface area contributed by atoms with Crippen LogP contribution < -0.4 is 4.31 Å². The summed E-state index contributed by atoms with van der Waals surface area (Å²) in [4.78, 5) is 0. The van der Waals surface area contributed by atoms with Gasteiger partial charge >= 0.3 is 0 Å². The third-order valence-electron chi connectivity index (χ3n) is 3.20. The molecule has 0 saturated heterocycles. The minimum absolute atomic E-state index is 1.17. The lowest BCUT2D eigenvalue weighted by Gasteiger charge is -2.23. The van der Waals surface area contributed by atoms with Gasteiger partial charge in [-0.05, 0) is 42.6 Å². The van der Waals surface area contributed by atoms with Crippen molar-refractivity contribution in [1.29, 1.82) is 0 Å². The Morgan fingerprint density at radius 1 is 0.750 bits per heavy atom. The SMILES string of the molecule is CCCCCCSN(c1ccccc1)c1ccccc1. The highest BCUT2D eigenvalue weighted by Gasteiger charge is 2.08. The second-order valence-electron chi connectivity index (χ2n) is 4.86. The predicted molar refractivity (Wildman–Crippen MR) is 91.6 cm³/mol. The van der Waals surface area contributed by atoms with Gasteiger partial charge in [-0.15, -0.1) is 0 Å². The molecule has 0 amide bonds. The van der Waals surface area contributed by atoms with E-state index in [-0.39, 0.29) is 0 Å². The highest BCUT2D eigenvalue weighted by atomic mass is 32.2. The molecule has 0 radical (unpaired) electrons. The summed E-state index contributed by atoms with van der Waals surface area (Å²) in [5.74, 6) is 1.17. The van der Waals surface area contributed by atoms with Gasteiger partial charge in [0.2, 0.25) is 0 Å². The Morgan fingerprint density at radius 2 is 1.30 bits per heavy atom. The maximum Gasteiger partial charge on any atom is 0.0525 e. The van der Waals surface area contributed by atoms with E-state index in [1.165, 1.54) is 42.8 Å². The van der Waals surface area contributed by atoms with Crippen molar-refractivity contribution in [1.82, 2.24) is 0 Å². The maximum atomic E-state index is 2.34. The highest BCUT2D eigenvalue weighted by molar-refractivity contribution is 8.00. The number of hydrogen-bond donors (Lipinski definition) is 0. The van der Waals surface area contributed by atoms with Crippen LogP contribution in [0.25, 0.3) is 0 Å². The molecule has 0 bridgehead atoms. The van der Waals surface area contributed by atoms with Crippen LogP contribution in [0, 0.1) is 0 Å². The quantitative estimate of drug-likeness (QED) is 0.429. The average molecular weight is 285 g/mol. The van der Waals surface area contributed by atoms with Crippen molar-refractivity contribution in [3.05, 3.63) is 60.7 Å². The molecular formula is C18H23NS. The van der Waals surface area contributed by atoms with Crippen LogP contribution in [0.15, 0.2) is 60.7 Å². The molecule has 0 saturated carbocycles. The number of nitrogens with zero attached hydrogens (tertiary/aromatic N) is 1. The van der Waals surface area contributed by atoms with E-state index in [0.29, 0.717) is 0 Å². The molecule has 0 aromatic heterocycles. The molecule has 0 fully saturated rings. The Morgan fingerprint density at radius 3 is 1.80 bits per heavy atom. The first-order valence-electron chi connectivity index (χ1n) is 7.45. The molecule has 0 heterocycles. The molecule has 0 spiro atoms. The van der Waals surface area contributed by atoms with Crippen LogP contribution in [-0.2, 0) is 0 Å². The van der Waals surface area contributed by atoms with E-state index in [9.17, 15) is 0 Å². The number of para-hydroxylation sites is 2. The van der Waals surface area contributed by atoms with Gasteiger partial charge in [-0.2, -0.15) is 0 Å². The third kappa shape index (κ3) is 4.61. The third-order valence-corrected chi connectivity index (χ3v) is 4.35. The molecular weight excluding hydrogens is 262 g/mol. The monoisotopic (exact) mass is 285 g/mol. The summed E-state index contributed by atoms with van der Waals surface area (Å²) in [5.41, 5.74) is 2.50. The molecule has 0 atom stereocenters. The molecule has 2 aromatic rings. The first-order chi connectivity index (χ1) is 9.92. The number of hydrogen-bond acceptors (Lipinski definition) is 2. The van der Waals surface area contributed by atoms with E-state index < -0.39 is 0 Å². The van der Waals surface area contributed by atoms with Crippen molar-refractivity contribution >= 4 is 23.3 Å². The van der Waals surface area contributed by atoms with Gasteiger partial charge in [-0.3, -0.25) is 4.31 Å². The fourth-order valence-electron chi connectivity index (χ4n) is 2.11. The van der Waals surface area contributed by atoms with Gasteiger partial charge in [-0.1, -0.05) is 62.6 Å². The summed E-state index contributed by atoms with van der Waals surface area (Å²) >= 11 is 1.91. The molecule has 2 aromatic carbocycles. The molecule has 106 valence electrons. The normalized spacial score (nSPS) is 10.4. The first kappa shape index (κ1) is 15.0. The highest BCUT2D eigenvalue weighted by Crippen LogP contribution is 2.32. The Kier molecular flexibility index (Phi) is 6.52. The molecule has 0 aliphatic rings. The second kappa shape index (κ2) is 8.70. The minimum atomic E-state index is 1.17. The Balaban J connectivity index is 2.02. The Labute approximate surface area is 127 Å². The van der Waals surface area contributed by atoms with Crippen LogP contribution in [0.4, 0.5) is 11.4 Å². The van der Waals surface area contributed by atoms with Crippen molar-refractivity contribution in [3.8, 4) is 0 Å². The van der Waals surface area contributed by atoms with Gasteiger partial charge in [0.05, 0.1) is 11.4 Å². The largest absolute Gasteiger partial charge is 0.285 e. The van der Waals surface area contributed by atoms with Crippen LogP contribution in [0.5, 0.6) is 0 Å². The standard InChI is InChI=1S/C18H23NS/c1-2-3-4-11-16-20-19(17-12-7-5-8-13-17)18-14-9-6-10-15-18/h5-10,12-15H,2-4,11,16H2,1H3. The van der Waals surface area contributed by atoms with Crippen LogP contribution in [0.1, 0.15) is 32.6 Å². The van der Waals surface area contributed by atoms with Gasteiger partial charge < -0.3 is 0 Å². The average Bonchev–Trinajstić information content (AvgIpc) is 2.53. The van der Waals surface area contributed by atoms with Crippen LogP contribution in [0.3, 0.4) is 0 Å². The molecule has 0 N–H and O–H groups in total. The Hall–Kier alpha value is -1.41. The molecule has 0 unspecified atom stereocenters. The van der Waals surface area contributed by atoms with Gasteiger partial charge in [0.25, 0.3) is 0 Å². The number of benzene rings is 2. The summed E-state index contributed by atoms with van der Waals surface area (Å²) in [6, 6.07) is 21.2. The lowest BCUT2D eigenvalue weighted by Crippen LogP contribution is -2.07.